The lowest BCUT2D eigenvalue weighted by molar-refractivity contribution is -0.388. The van der Waals surface area contributed by atoms with Gasteiger partial charge >= 0.3 is 0 Å². The van der Waals surface area contributed by atoms with Crippen LogP contribution in [0.15, 0.2) is 61.6 Å². The maximum atomic E-state index is 12.8. The second kappa shape index (κ2) is 8.27. The zero-order valence-corrected chi connectivity index (χ0v) is 17.8. The SMILES string of the molecule is CN1CCN(S(=O)(=O)c2ccc(Sc3ccc(Br)cc3)c([N+](=O)[O-])c2)CC1. The van der Waals surface area contributed by atoms with Crippen LogP contribution in [0.25, 0.3) is 0 Å². The summed E-state index contributed by atoms with van der Waals surface area (Å²) in [6.45, 7) is 2.03. The van der Waals surface area contributed by atoms with E-state index in [2.05, 4.69) is 15.9 Å². The lowest BCUT2D eigenvalue weighted by atomic mass is 10.3. The molecule has 144 valence electrons. The molecule has 0 bridgehead atoms. The van der Waals surface area contributed by atoms with Gasteiger partial charge in [0.15, 0.2) is 0 Å². The van der Waals surface area contributed by atoms with E-state index in [4.69, 9.17) is 0 Å². The topological polar surface area (TPSA) is 83.8 Å². The molecule has 0 aromatic heterocycles. The highest BCUT2D eigenvalue weighted by atomic mass is 79.9. The summed E-state index contributed by atoms with van der Waals surface area (Å²) in [7, 11) is -1.82. The third kappa shape index (κ3) is 4.69. The van der Waals surface area contributed by atoms with Crippen molar-refractivity contribution in [3.63, 3.8) is 0 Å². The van der Waals surface area contributed by atoms with Crippen molar-refractivity contribution in [1.29, 1.82) is 0 Å². The largest absolute Gasteiger partial charge is 0.304 e. The predicted octanol–water partition coefficient (Wildman–Crippen LogP) is 3.44. The van der Waals surface area contributed by atoms with Crippen LogP contribution in [0.2, 0.25) is 0 Å². The van der Waals surface area contributed by atoms with Gasteiger partial charge < -0.3 is 4.90 Å². The van der Waals surface area contributed by atoms with E-state index in [0.717, 1.165) is 15.4 Å². The highest BCUT2D eigenvalue weighted by Crippen LogP contribution is 2.37. The minimum absolute atomic E-state index is 0.0427. The van der Waals surface area contributed by atoms with Crippen molar-refractivity contribution in [2.75, 3.05) is 33.2 Å². The fraction of sp³-hybridized carbons (Fsp3) is 0.294. The van der Waals surface area contributed by atoms with Crippen LogP contribution in [0.5, 0.6) is 0 Å². The molecule has 1 heterocycles. The maximum Gasteiger partial charge on any atom is 0.284 e. The third-order valence-electron chi connectivity index (χ3n) is 4.27. The van der Waals surface area contributed by atoms with E-state index in [1.54, 1.807) is 0 Å². The van der Waals surface area contributed by atoms with E-state index < -0.39 is 14.9 Å². The number of piperazine rings is 1. The number of sulfonamides is 1. The van der Waals surface area contributed by atoms with Gasteiger partial charge in [0.05, 0.1) is 14.7 Å². The van der Waals surface area contributed by atoms with Crippen molar-refractivity contribution in [2.24, 2.45) is 0 Å². The van der Waals surface area contributed by atoms with Crippen LogP contribution < -0.4 is 0 Å². The number of likely N-dealkylation sites (N-methyl/N-ethyl adjacent to an activating group) is 1. The lowest BCUT2D eigenvalue weighted by Gasteiger charge is -2.31. The normalized spacial score (nSPS) is 16.4. The molecule has 2 aromatic rings. The van der Waals surface area contributed by atoms with Crippen molar-refractivity contribution < 1.29 is 13.3 Å². The summed E-state index contributed by atoms with van der Waals surface area (Å²) < 4.78 is 28.0. The first-order valence-electron chi connectivity index (χ1n) is 8.18. The van der Waals surface area contributed by atoms with Crippen LogP contribution in [0.1, 0.15) is 0 Å². The third-order valence-corrected chi connectivity index (χ3v) is 7.76. The van der Waals surface area contributed by atoms with Gasteiger partial charge in [-0.25, -0.2) is 8.42 Å². The molecular weight excluding hydrogens is 454 g/mol. The molecule has 1 aliphatic heterocycles. The number of hydrogen-bond donors (Lipinski definition) is 0. The molecule has 0 N–H and O–H groups in total. The Kier molecular flexibility index (Phi) is 6.21. The fourth-order valence-corrected chi connectivity index (χ4v) is 5.30. The Bertz CT molecular complexity index is 943. The van der Waals surface area contributed by atoms with E-state index in [1.807, 2.05) is 36.2 Å². The molecule has 0 spiro atoms. The van der Waals surface area contributed by atoms with Crippen LogP contribution in [0, 0.1) is 10.1 Å². The summed E-state index contributed by atoms with van der Waals surface area (Å²) in [5.41, 5.74) is -0.210. The minimum atomic E-state index is -3.75. The Balaban J connectivity index is 1.91. The zero-order valence-electron chi connectivity index (χ0n) is 14.5. The summed E-state index contributed by atoms with van der Waals surface area (Å²) in [6.07, 6.45) is 0. The Labute approximate surface area is 170 Å². The Morgan fingerprint density at radius 2 is 1.70 bits per heavy atom. The molecule has 3 rings (SSSR count). The first-order chi connectivity index (χ1) is 12.8. The number of benzene rings is 2. The number of hydrogen-bond acceptors (Lipinski definition) is 6. The molecule has 7 nitrogen and oxygen atoms in total. The van der Waals surface area contributed by atoms with Gasteiger partial charge in [-0.1, -0.05) is 27.7 Å². The number of rotatable bonds is 5. The van der Waals surface area contributed by atoms with Gasteiger partial charge in [-0.2, -0.15) is 4.31 Å². The predicted molar refractivity (Wildman–Crippen MR) is 108 cm³/mol. The average molecular weight is 472 g/mol. The van der Waals surface area contributed by atoms with Crippen molar-refractivity contribution in [3.05, 3.63) is 57.1 Å². The summed E-state index contributed by atoms with van der Waals surface area (Å²) in [4.78, 5) is 14.2. The van der Waals surface area contributed by atoms with Crippen molar-refractivity contribution in [2.45, 2.75) is 14.7 Å². The van der Waals surface area contributed by atoms with Crippen molar-refractivity contribution in [1.82, 2.24) is 9.21 Å². The number of nitro benzene ring substituents is 1. The smallest absolute Gasteiger partial charge is 0.284 e. The number of halogens is 1. The number of nitrogens with zero attached hydrogens (tertiary/aromatic N) is 3. The monoisotopic (exact) mass is 471 g/mol. The Hall–Kier alpha value is -1.46. The van der Waals surface area contributed by atoms with Gasteiger partial charge in [-0.15, -0.1) is 0 Å². The first-order valence-corrected chi connectivity index (χ1v) is 11.2. The molecule has 1 aliphatic rings. The Morgan fingerprint density at radius 1 is 1.07 bits per heavy atom. The fourth-order valence-electron chi connectivity index (χ4n) is 2.69. The van der Waals surface area contributed by atoms with E-state index in [-0.39, 0.29) is 10.6 Å². The van der Waals surface area contributed by atoms with E-state index in [9.17, 15) is 18.5 Å². The molecule has 0 atom stereocenters. The minimum Gasteiger partial charge on any atom is -0.304 e. The van der Waals surface area contributed by atoms with Crippen LogP contribution in [0.4, 0.5) is 5.69 Å². The van der Waals surface area contributed by atoms with Gasteiger partial charge in [-0.05, 0) is 43.4 Å². The van der Waals surface area contributed by atoms with E-state index >= 15 is 0 Å². The molecule has 10 heteroatoms. The summed E-state index contributed by atoms with van der Waals surface area (Å²) in [5.74, 6) is 0. The van der Waals surface area contributed by atoms with Crippen molar-refractivity contribution >= 4 is 43.4 Å². The van der Waals surface area contributed by atoms with Gasteiger partial charge in [-0.3, -0.25) is 10.1 Å². The first kappa shape index (κ1) is 20.3. The van der Waals surface area contributed by atoms with Gasteiger partial charge in [0.2, 0.25) is 10.0 Å². The molecule has 0 saturated carbocycles. The van der Waals surface area contributed by atoms with E-state index in [0.29, 0.717) is 31.1 Å². The molecule has 2 aromatic carbocycles. The highest BCUT2D eigenvalue weighted by Gasteiger charge is 2.29. The Morgan fingerprint density at radius 3 is 2.30 bits per heavy atom. The molecular formula is C17H18BrN3O4S2. The molecule has 1 saturated heterocycles. The molecule has 0 unspecified atom stereocenters. The van der Waals surface area contributed by atoms with Crippen LogP contribution in [-0.4, -0.2) is 55.8 Å². The highest BCUT2D eigenvalue weighted by molar-refractivity contribution is 9.10. The van der Waals surface area contributed by atoms with Crippen LogP contribution in [-0.2, 0) is 10.0 Å². The van der Waals surface area contributed by atoms with Gasteiger partial charge in [0.1, 0.15) is 0 Å². The molecule has 1 fully saturated rings. The van der Waals surface area contributed by atoms with Gasteiger partial charge in [0.25, 0.3) is 5.69 Å². The molecule has 0 amide bonds. The van der Waals surface area contributed by atoms with E-state index in [1.165, 1.54) is 28.2 Å². The molecule has 0 aliphatic carbocycles. The number of nitro groups is 1. The zero-order chi connectivity index (χ0) is 19.6. The van der Waals surface area contributed by atoms with Crippen molar-refractivity contribution in [3.8, 4) is 0 Å². The van der Waals surface area contributed by atoms with Crippen LogP contribution in [0.3, 0.4) is 0 Å². The van der Waals surface area contributed by atoms with Crippen LogP contribution >= 0.6 is 27.7 Å². The summed E-state index contributed by atoms with van der Waals surface area (Å²) >= 11 is 4.58. The van der Waals surface area contributed by atoms with Gasteiger partial charge in [0, 0.05) is 41.6 Å². The second-order valence-electron chi connectivity index (χ2n) is 6.15. The summed E-state index contributed by atoms with van der Waals surface area (Å²) in [6, 6.07) is 11.5. The lowest BCUT2D eigenvalue weighted by Crippen LogP contribution is -2.47. The molecule has 27 heavy (non-hydrogen) atoms. The standard InChI is InChI=1S/C17H18BrN3O4S2/c1-19-8-10-20(11-9-19)27(24,25)15-6-7-17(16(12-15)21(22)23)26-14-4-2-13(18)3-5-14/h2-7,12H,8-11H2,1H3. The molecule has 0 radical (unpaired) electrons. The quantitative estimate of drug-likeness (QED) is 0.490. The maximum absolute atomic E-state index is 12.8. The summed E-state index contributed by atoms with van der Waals surface area (Å²) in [5, 5.41) is 11.5. The second-order valence-corrected chi connectivity index (χ2v) is 10.1. The average Bonchev–Trinajstić information content (AvgIpc) is 2.64.